The third-order valence-electron chi connectivity index (χ3n) is 2.96. The molecule has 1 atom stereocenters. The van der Waals surface area contributed by atoms with Crippen LogP contribution in [0.25, 0.3) is 0 Å². The normalized spacial score (nSPS) is 12.5. The lowest BCUT2D eigenvalue weighted by molar-refractivity contribution is 0.166. The minimum Gasteiger partial charge on any atom is -0.383 e. The largest absolute Gasteiger partial charge is 0.383 e. The summed E-state index contributed by atoms with van der Waals surface area (Å²) in [4.78, 5) is 0. The van der Waals surface area contributed by atoms with E-state index in [1.807, 2.05) is 16.9 Å². The fourth-order valence-corrected chi connectivity index (χ4v) is 1.99. The minimum absolute atomic E-state index is 0.238. The zero-order valence-electron chi connectivity index (χ0n) is 11.2. The van der Waals surface area contributed by atoms with E-state index in [1.165, 1.54) is 5.56 Å². The summed E-state index contributed by atoms with van der Waals surface area (Å²) in [5, 5.41) is 11.2. The topological polar surface area (TPSA) is 52.0 Å². The number of hydrogen-bond acceptors (Lipinski definition) is 4. The summed E-state index contributed by atoms with van der Waals surface area (Å²) < 4.78 is 7.11. The van der Waals surface area contributed by atoms with E-state index in [-0.39, 0.29) is 6.04 Å². The molecule has 1 heterocycles. The second-order valence-electron chi connectivity index (χ2n) is 4.39. The molecule has 0 fully saturated rings. The van der Waals surface area contributed by atoms with Crippen molar-refractivity contribution >= 4 is 0 Å². The first-order valence-electron chi connectivity index (χ1n) is 6.51. The van der Waals surface area contributed by atoms with Gasteiger partial charge in [0.25, 0.3) is 0 Å². The van der Waals surface area contributed by atoms with Gasteiger partial charge in [-0.15, -0.1) is 5.10 Å². The Morgan fingerprint density at radius 1 is 1.32 bits per heavy atom. The molecule has 102 valence electrons. The summed E-state index contributed by atoms with van der Waals surface area (Å²) in [6.45, 7) is 2.47. The van der Waals surface area contributed by atoms with Crippen molar-refractivity contribution in [3.05, 3.63) is 48.3 Å². The molecule has 0 radical (unpaired) electrons. The molecule has 0 aliphatic heterocycles. The van der Waals surface area contributed by atoms with E-state index in [0.717, 1.165) is 19.5 Å². The zero-order chi connectivity index (χ0) is 13.3. The molecular formula is C14H20N4O. The molecule has 0 bridgehead atoms. The van der Waals surface area contributed by atoms with E-state index in [4.69, 9.17) is 4.74 Å². The van der Waals surface area contributed by atoms with Crippen LogP contribution in [0.5, 0.6) is 0 Å². The lowest BCUT2D eigenvalue weighted by Crippen LogP contribution is -2.26. The molecule has 1 N–H and O–H groups in total. The highest BCUT2D eigenvalue weighted by Crippen LogP contribution is 2.12. The molecule has 5 heteroatoms. The van der Waals surface area contributed by atoms with Crippen LogP contribution >= 0.6 is 0 Å². The maximum atomic E-state index is 5.27. The van der Waals surface area contributed by atoms with Crippen LogP contribution in [-0.4, -0.2) is 35.3 Å². The molecule has 0 amide bonds. The summed E-state index contributed by atoms with van der Waals surface area (Å²) >= 11 is 0. The Balaban J connectivity index is 1.77. The summed E-state index contributed by atoms with van der Waals surface area (Å²) in [6, 6.07) is 10.6. The Kier molecular flexibility index (Phi) is 5.52. The van der Waals surface area contributed by atoms with E-state index in [0.29, 0.717) is 6.61 Å². The number of nitrogens with zero attached hydrogens (tertiary/aromatic N) is 3. The first kappa shape index (κ1) is 13.7. The van der Waals surface area contributed by atoms with Crippen LogP contribution in [0.15, 0.2) is 42.7 Å². The fourth-order valence-electron chi connectivity index (χ4n) is 1.99. The number of nitrogens with one attached hydrogen (secondary N) is 1. The molecule has 0 aliphatic rings. The quantitative estimate of drug-likeness (QED) is 0.733. The molecule has 5 nitrogen and oxygen atoms in total. The monoisotopic (exact) mass is 260 g/mol. The third kappa shape index (κ3) is 4.46. The van der Waals surface area contributed by atoms with Crippen LogP contribution in [-0.2, 0) is 11.3 Å². The summed E-state index contributed by atoms with van der Waals surface area (Å²) in [5.41, 5.74) is 1.25. The van der Waals surface area contributed by atoms with Gasteiger partial charge in [0, 0.05) is 19.9 Å². The molecule has 0 saturated heterocycles. The van der Waals surface area contributed by atoms with Gasteiger partial charge in [0.15, 0.2) is 0 Å². The Morgan fingerprint density at radius 3 is 2.84 bits per heavy atom. The first-order chi connectivity index (χ1) is 9.40. The average Bonchev–Trinajstić information content (AvgIpc) is 2.96. The lowest BCUT2D eigenvalue weighted by Gasteiger charge is -2.18. The van der Waals surface area contributed by atoms with Gasteiger partial charge in [-0.2, -0.15) is 0 Å². The van der Waals surface area contributed by atoms with Gasteiger partial charge >= 0.3 is 0 Å². The van der Waals surface area contributed by atoms with Gasteiger partial charge in [-0.3, -0.25) is 4.68 Å². The van der Waals surface area contributed by atoms with Crippen molar-refractivity contribution in [2.75, 3.05) is 20.3 Å². The SMILES string of the molecule is COCC(NCCCn1ccnn1)c1ccccc1. The van der Waals surface area contributed by atoms with Gasteiger partial charge in [-0.05, 0) is 18.5 Å². The molecule has 1 unspecified atom stereocenters. The Bertz CT molecular complexity index is 444. The van der Waals surface area contributed by atoms with Crippen molar-refractivity contribution in [2.24, 2.45) is 0 Å². The van der Waals surface area contributed by atoms with Crippen molar-refractivity contribution in [2.45, 2.75) is 19.0 Å². The molecule has 2 aromatic rings. The summed E-state index contributed by atoms with van der Waals surface area (Å²) in [6.07, 6.45) is 4.59. The van der Waals surface area contributed by atoms with Crippen molar-refractivity contribution in [1.82, 2.24) is 20.3 Å². The van der Waals surface area contributed by atoms with Gasteiger partial charge in [0.1, 0.15) is 0 Å². The van der Waals surface area contributed by atoms with Crippen molar-refractivity contribution < 1.29 is 4.74 Å². The van der Waals surface area contributed by atoms with Gasteiger partial charge in [0.05, 0.1) is 18.8 Å². The van der Waals surface area contributed by atoms with Crippen molar-refractivity contribution in [1.29, 1.82) is 0 Å². The van der Waals surface area contributed by atoms with Crippen molar-refractivity contribution in [3.63, 3.8) is 0 Å². The summed E-state index contributed by atoms with van der Waals surface area (Å²) in [7, 11) is 1.73. The molecule has 19 heavy (non-hydrogen) atoms. The van der Waals surface area contributed by atoms with E-state index in [1.54, 1.807) is 13.3 Å². The van der Waals surface area contributed by atoms with Crippen LogP contribution in [0.2, 0.25) is 0 Å². The maximum absolute atomic E-state index is 5.27. The van der Waals surface area contributed by atoms with E-state index in [9.17, 15) is 0 Å². The number of rotatable bonds is 8. The van der Waals surface area contributed by atoms with Gasteiger partial charge < -0.3 is 10.1 Å². The van der Waals surface area contributed by atoms with Crippen LogP contribution in [0.1, 0.15) is 18.0 Å². The Hall–Kier alpha value is -1.72. The smallest absolute Gasteiger partial charge is 0.0692 e. The lowest BCUT2D eigenvalue weighted by atomic mass is 10.1. The Morgan fingerprint density at radius 2 is 2.16 bits per heavy atom. The highest BCUT2D eigenvalue weighted by Gasteiger charge is 2.09. The molecule has 2 rings (SSSR count). The predicted octanol–water partition coefficient (Wildman–Crippen LogP) is 1.65. The number of hydrogen-bond donors (Lipinski definition) is 1. The van der Waals surface area contributed by atoms with E-state index >= 15 is 0 Å². The standard InChI is InChI=1S/C14H20N4O/c1-19-12-14(13-6-3-2-4-7-13)15-8-5-10-18-11-9-16-17-18/h2-4,6-7,9,11,14-15H,5,8,10,12H2,1H3. The Labute approximate surface area is 113 Å². The minimum atomic E-state index is 0.238. The average molecular weight is 260 g/mol. The van der Waals surface area contributed by atoms with E-state index in [2.05, 4.69) is 39.9 Å². The number of aromatic nitrogens is 3. The second-order valence-corrected chi connectivity index (χ2v) is 4.39. The zero-order valence-corrected chi connectivity index (χ0v) is 11.2. The predicted molar refractivity (Wildman–Crippen MR) is 73.7 cm³/mol. The second kappa shape index (κ2) is 7.66. The molecule has 1 aromatic carbocycles. The number of methoxy groups -OCH3 is 1. The van der Waals surface area contributed by atoms with Gasteiger partial charge in [-0.25, -0.2) is 0 Å². The maximum Gasteiger partial charge on any atom is 0.0692 e. The van der Waals surface area contributed by atoms with Gasteiger partial charge in [0.2, 0.25) is 0 Å². The molecule has 0 aliphatic carbocycles. The van der Waals surface area contributed by atoms with Crippen LogP contribution in [0.4, 0.5) is 0 Å². The van der Waals surface area contributed by atoms with Crippen LogP contribution in [0.3, 0.4) is 0 Å². The molecule has 0 spiro atoms. The summed E-state index contributed by atoms with van der Waals surface area (Å²) in [5.74, 6) is 0. The highest BCUT2D eigenvalue weighted by atomic mass is 16.5. The third-order valence-corrected chi connectivity index (χ3v) is 2.96. The fraction of sp³-hybridized carbons (Fsp3) is 0.429. The van der Waals surface area contributed by atoms with Gasteiger partial charge in [-0.1, -0.05) is 35.5 Å². The first-order valence-corrected chi connectivity index (χ1v) is 6.51. The van der Waals surface area contributed by atoms with E-state index < -0.39 is 0 Å². The van der Waals surface area contributed by atoms with Crippen LogP contribution in [0, 0.1) is 0 Å². The molecule has 0 saturated carbocycles. The molecular weight excluding hydrogens is 240 g/mol. The van der Waals surface area contributed by atoms with Crippen LogP contribution < -0.4 is 5.32 Å². The highest BCUT2D eigenvalue weighted by molar-refractivity contribution is 5.18. The number of aryl methyl sites for hydroxylation is 1. The van der Waals surface area contributed by atoms with Crippen molar-refractivity contribution in [3.8, 4) is 0 Å². The molecule has 1 aromatic heterocycles. The number of benzene rings is 1. The number of ether oxygens (including phenoxy) is 1.